The van der Waals surface area contributed by atoms with E-state index in [1.165, 1.54) is 0 Å². The largest absolute Gasteiger partial charge is 0.465 e. The van der Waals surface area contributed by atoms with E-state index in [4.69, 9.17) is 9.84 Å². The first-order chi connectivity index (χ1) is 4.13. The molecule has 9 heavy (non-hydrogen) atoms. The van der Waals surface area contributed by atoms with Crippen LogP contribution in [0.25, 0.3) is 0 Å². The van der Waals surface area contributed by atoms with Gasteiger partial charge in [0.15, 0.2) is 0 Å². The molecule has 54 valence electrons. The maximum absolute atomic E-state index is 9.79. The van der Waals surface area contributed by atoms with Crippen LogP contribution in [0.15, 0.2) is 0 Å². The fourth-order valence-electron chi connectivity index (χ4n) is 0.270. The Hall–Kier alpha value is -0.770. The van der Waals surface area contributed by atoms with Crippen LogP contribution >= 0.6 is 0 Å². The van der Waals surface area contributed by atoms with Gasteiger partial charge in [0, 0.05) is 0 Å². The average molecular weight is 133 g/mol. The van der Waals surface area contributed by atoms with Gasteiger partial charge < -0.3 is 9.84 Å². The van der Waals surface area contributed by atoms with E-state index in [0.717, 1.165) is 0 Å². The van der Waals surface area contributed by atoms with Gasteiger partial charge in [0.1, 0.15) is 6.73 Å². The Labute approximate surface area is 53.8 Å². The van der Waals surface area contributed by atoms with Gasteiger partial charge in [-0.25, -0.2) is 4.79 Å². The van der Waals surface area contributed by atoms with Crippen molar-refractivity contribution < 1.29 is 14.6 Å². The molecule has 0 saturated carbocycles. The van der Waals surface area contributed by atoms with Crippen LogP contribution in [0.1, 0.15) is 13.8 Å². The summed E-state index contributed by atoms with van der Waals surface area (Å²) in [6.07, 6.45) is -0.993. The molecule has 0 aromatic rings. The van der Waals surface area contributed by atoms with Gasteiger partial charge in [-0.1, -0.05) is 0 Å². The van der Waals surface area contributed by atoms with Gasteiger partial charge in [-0.2, -0.15) is 0 Å². The van der Waals surface area contributed by atoms with Crippen LogP contribution in [0.4, 0.5) is 4.79 Å². The van der Waals surface area contributed by atoms with E-state index in [9.17, 15) is 4.79 Å². The van der Waals surface area contributed by atoms with E-state index in [2.05, 4.69) is 5.32 Å². The topological polar surface area (TPSA) is 58.6 Å². The molecule has 0 aliphatic heterocycles. The Morgan fingerprint density at radius 1 is 1.78 bits per heavy atom. The SMILES string of the molecule is CC(C)OCNC(=O)O. The summed E-state index contributed by atoms with van der Waals surface area (Å²) in [6, 6.07) is 0. The third-order valence-corrected chi connectivity index (χ3v) is 0.640. The summed E-state index contributed by atoms with van der Waals surface area (Å²) in [6.45, 7) is 3.74. The van der Waals surface area contributed by atoms with Crippen molar-refractivity contribution in [3.8, 4) is 0 Å². The highest BCUT2D eigenvalue weighted by Crippen LogP contribution is 1.83. The van der Waals surface area contributed by atoms with Crippen molar-refractivity contribution in [2.45, 2.75) is 20.0 Å². The average Bonchev–Trinajstić information content (AvgIpc) is 1.63. The van der Waals surface area contributed by atoms with Crippen LogP contribution in [0, 0.1) is 0 Å². The molecule has 0 rings (SSSR count). The molecule has 4 heteroatoms. The molecular formula is C5H11NO3. The molecule has 2 N–H and O–H groups in total. The molecular weight excluding hydrogens is 122 g/mol. The summed E-state index contributed by atoms with van der Waals surface area (Å²) in [7, 11) is 0. The van der Waals surface area contributed by atoms with Gasteiger partial charge in [-0.05, 0) is 13.8 Å². The third-order valence-electron chi connectivity index (χ3n) is 0.640. The monoisotopic (exact) mass is 133 g/mol. The van der Waals surface area contributed by atoms with E-state index in [-0.39, 0.29) is 12.8 Å². The van der Waals surface area contributed by atoms with Crippen molar-refractivity contribution in [2.75, 3.05) is 6.73 Å². The second-order valence-electron chi connectivity index (χ2n) is 1.84. The fraction of sp³-hybridized carbons (Fsp3) is 0.800. The van der Waals surface area contributed by atoms with Crippen LogP contribution in [0.3, 0.4) is 0 Å². The molecule has 0 atom stereocenters. The van der Waals surface area contributed by atoms with Crippen molar-refractivity contribution in [2.24, 2.45) is 0 Å². The number of ether oxygens (including phenoxy) is 1. The molecule has 0 aromatic carbocycles. The second kappa shape index (κ2) is 4.14. The highest BCUT2D eigenvalue weighted by atomic mass is 16.5. The summed E-state index contributed by atoms with van der Waals surface area (Å²) in [5.74, 6) is 0. The minimum absolute atomic E-state index is 0.0625. The Balaban J connectivity index is 3.01. The van der Waals surface area contributed by atoms with E-state index in [0.29, 0.717) is 0 Å². The molecule has 0 radical (unpaired) electrons. The smallest absolute Gasteiger partial charge is 0.406 e. The molecule has 0 heterocycles. The summed E-state index contributed by atoms with van der Waals surface area (Å²) in [5.41, 5.74) is 0. The first kappa shape index (κ1) is 8.23. The Bertz CT molecular complexity index is 92.2. The van der Waals surface area contributed by atoms with Gasteiger partial charge >= 0.3 is 6.09 Å². The van der Waals surface area contributed by atoms with Crippen LogP contribution < -0.4 is 5.32 Å². The molecule has 0 fully saturated rings. The van der Waals surface area contributed by atoms with Crippen molar-refractivity contribution >= 4 is 6.09 Å². The number of carboxylic acid groups (broad SMARTS) is 1. The zero-order valence-corrected chi connectivity index (χ0v) is 5.55. The molecule has 4 nitrogen and oxygen atoms in total. The number of hydrogen-bond donors (Lipinski definition) is 2. The Morgan fingerprint density at radius 3 is 2.67 bits per heavy atom. The number of carbonyl (C=O) groups is 1. The first-order valence-corrected chi connectivity index (χ1v) is 2.71. The van der Waals surface area contributed by atoms with Crippen LogP contribution in [-0.4, -0.2) is 24.0 Å². The van der Waals surface area contributed by atoms with Crippen molar-refractivity contribution in [1.82, 2.24) is 5.32 Å². The second-order valence-corrected chi connectivity index (χ2v) is 1.84. The normalized spacial score (nSPS) is 9.67. The maximum atomic E-state index is 9.79. The lowest BCUT2D eigenvalue weighted by Gasteiger charge is -2.05. The van der Waals surface area contributed by atoms with Crippen LogP contribution in [-0.2, 0) is 4.74 Å². The van der Waals surface area contributed by atoms with Crippen molar-refractivity contribution in [3.63, 3.8) is 0 Å². The lowest BCUT2D eigenvalue weighted by Crippen LogP contribution is -2.25. The van der Waals surface area contributed by atoms with Crippen LogP contribution in [0.2, 0.25) is 0 Å². The maximum Gasteiger partial charge on any atom is 0.406 e. The summed E-state index contributed by atoms with van der Waals surface area (Å²) < 4.78 is 4.86. The van der Waals surface area contributed by atoms with E-state index in [1.54, 1.807) is 0 Å². The van der Waals surface area contributed by atoms with E-state index in [1.807, 2.05) is 13.8 Å². The summed E-state index contributed by atoms with van der Waals surface area (Å²) in [5, 5.41) is 10.1. The predicted molar refractivity (Wildman–Crippen MR) is 32.2 cm³/mol. The Kier molecular flexibility index (Phi) is 3.79. The molecule has 0 unspecified atom stereocenters. The van der Waals surface area contributed by atoms with Gasteiger partial charge in [-0.3, -0.25) is 5.32 Å². The number of rotatable bonds is 3. The van der Waals surface area contributed by atoms with Crippen molar-refractivity contribution in [1.29, 1.82) is 0 Å². The fourth-order valence-corrected chi connectivity index (χ4v) is 0.270. The van der Waals surface area contributed by atoms with Gasteiger partial charge in [0.2, 0.25) is 0 Å². The Morgan fingerprint density at radius 2 is 2.33 bits per heavy atom. The van der Waals surface area contributed by atoms with Crippen molar-refractivity contribution in [3.05, 3.63) is 0 Å². The third kappa shape index (κ3) is 7.23. The van der Waals surface area contributed by atoms with E-state index >= 15 is 0 Å². The number of amides is 1. The minimum atomic E-state index is -1.06. The number of hydrogen-bond acceptors (Lipinski definition) is 2. The standard InChI is InChI=1S/C5H11NO3/c1-4(2)9-3-6-5(7)8/h4,6H,3H2,1-2H3,(H,7,8). The lowest BCUT2D eigenvalue weighted by molar-refractivity contribution is 0.0640. The molecule has 0 aliphatic carbocycles. The molecule has 0 aliphatic rings. The zero-order chi connectivity index (χ0) is 7.28. The van der Waals surface area contributed by atoms with Gasteiger partial charge in [-0.15, -0.1) is 0 Å². The molecule has 0 spiro atoms. The summed E-state index contributed by atoms with van der Waals surface area (Å²) >= 11 is 0. The molecule has 0 saturated heterocycles. The lowest BCUT2D eigenvalue weighted by atomic mass is 10.5. The van der Waals surface area contributed by atoms with Gasteiger partial charge in [0.05, 0.1) is 6.10 Å². The quantitative estimate of drug-likeness (QED) is 0.555. The van der Waals surface area contributed by atoms with Gasteiger partial charge in [0.25, 0.3) is 0 Å². The number of nitrogens with one attached hydrogen (secondary N) is 1. The highest BCUT2D eigenvalue weighted by Gasteiger charge is 1.94. The van der Waals surface area contributed by atoms with E-state index < -0.39 is 6.09 Å². The van der Waals surface area contributed by atoms with Crippen LogP contribution in [0.5, 0.6) is 0 Å². The summed E-state index contributed by atoms with van der Waals surface area (Å²) in [4.78, 5) is 9.79. The predicted octanol–water partition coefficient (Wildman–Crippen LogP) is 0.637. The molecule has 0 aromatic heterocycles. The molecule has 0 bridgehead atoms. The first-order valence-electron chi connectivity index (χ1n) is 2.71. The zero-order valence-electron chi connectivity index (χ0n) is 5.55. The minimum Gasteiger partial charge on any atom is -0.465 e. The molecule has 1 amide bonds. The highest BCUT2D eigenvalue weighted by molar-refractivity contribution is 5.64.